The van der Waals surface area contributed by atoms with Crippen LogP contribution in [0.5, 0.6) is 0 Å². The number of nitro groups is 1. The van der Waals surface area contributed by atoms with Gasteiger partial charge in [-0.1, -0.05) is 17.3 Å². The van der Waals surface area contributed by atoms with E-state index in [2.05, 4.69) is 14.7 Å². The Hall–Kier alpha value is -2.49. The highest BCUT2D eigenvalue weighted by Crippen LogP contribution is 2.36. The largest absolute Gasteiger partial charge is 0.415 e. The first-order chi connectivity index (χ1) is 9.64. The van der Waals surface area contributed by atoms with Gasteiger partial charge in [0.05, 0.1) is 4.92 Å². The van der Waals surface area contributed by atoms with E-state index in [1.165, 1.54) is 24.3 Å². The molecule has 2 rings (SSSR count). The van der Waals surface area contributed by atoms with Gasteiger partial charge >= 0.3 is 6.18 Å². The SMILES string of the molecule is CC(N)(c1nc(-c2ccccc2[N+](=O)[O-])no1)C(F)(F)F. The van der Waals surface area contributed by atoms with Gasteiger partial charge in [0.2, 0.25) is 5.82 Å². The fourth-order valence-electron chi connectivity index (χ4n) is 1.49. The summed E-state index contributed by atoms with van der Waals surface area (Å²) in [5.74, 6) is -1.21. The maximum atomic E-state index is 12.8. The first-order valence-corrected chi connectivity index (χ1v) is 5.58. The standard InChI is InChI=1S/C11H9F3N4O3/c1-10(15,11(12,13)14)9-16-8(17-21-9)6-4-2-3-5-7(6)18(19)20/h2-5H,15H2,1H3. The summed E-state index contributed by atoms with van der Waals surface area (Å²) in [6.45, 7) is 0.670. The molecule has 10 heteroatoms. The van der Waals surface area contributed by atoms with Crippen LogP contribution in [0.15, 0.2) is 28.8 Å². The number of halogens is 3. The number of para-hydroxylation sites is 1. The van der Waals surface area contributed by atoms with Gasteiger partial charge in [-0.2, -0.15) is 18.2 Å². The molecule has 0 aliphatic rings. The Morgan fingerprint density at radius 3 is 2.52 bits per heavy atom. The highest BCUT2D eigenvalue weighted by atomic mass is 19.4. The highest BCUT2D eigenvalue weighted by molar-refractivity contribution is 5.67. The number of nitrogens with zero attached hydrogens (tertiary/aromatic N) is 3. The van der Waals surface area contributed by atoms with Crippen LogP contribution in [0.4, 0.5) is 18.9 Å². The normalized spacial score (nSPS) is 14.7. The van der Waals surface area contributed by atoms with Crippen molar-refractivity contribution >= 4 is 5.69 Å². The van der Waals surface area contributed by atoms with E-state index in [-0.39, 0.29) is 17.1 Å². The molecule has 112 valence electrons. The van der Waals surface area contributed by atoms with Gasteiger partial charge in [-0.05, 0) is 13.0 Å². The third-order valence-corrected chi connectivity index (χ3v) is 2.80. The molecular formula is C11H9F3N4O3. The van der Waals surface area contributed by atoms with E-state index >= 15 is 0 Å². The van der Waals surface area contributed by atoms with E-state index in [0.29, 0.717) is 6.92 Å². The van der Waals surface area contributed by atoms with Crippen molar-refractivity contribution in [3.63, 3.8) is 0 Å². The van der Waals surface area contributed by atoms with Crippen LogP contribution < -0.4 is 5.73 Å². The van der Waals surface area contributed by atoms with Crippen molar-refractivity contribution in [1.82, 2.24) is 10.1 Å². The van der Waals surface area contributed by atoms with Crippen molar-refractivity contribution in [3.05, 3.63) is 40.3 Å². The molecule has 0 radical (unpaired) electrons. The minimum atomic E-state index is -4.81. The molecule has 7 nitrogen and oxygen atoms in total. The maximum Gasteiger partial charge on any atom is 0.415 e. The lowest BCUT2D eigenvalue weighted by molar-refractivity contribution is -0.384. The van der Waals surface area contributed by atoms with Crippen molar-refractivity contribution in [2.45, 2.75) is 18.6 Å². The van der Waals surface area contributed by atoms with E-state index in [1.54, 1.807) is 0 Å². The lowest BCUT2D eigenvalue weighted by atomic mass is 10.0. The number of aromatic nitrogens is 2. The van der Waals surface area contributed by atoms with Gasteiger partial charge in [-0.15, -0.1) is 0 Å². The summed E-state index contributed by atoms with van der Waals surface area (Å²) in [6.07, 6.45) is -4.81. The Bertz CT molecular complexity index is 681. The monoisotopic (exact) mass is 302 g/mol. The van der Waals surface area contributed by atoms with Crippen molar-refractivity contribution in [2.24, 2.45) is 5.73 Å². The molecule has 1 unspecified atom stereocenters. The Labute approximate surface area is 115 Å². The first kappa shape index (κ1) is 14.9. The van der Waals surface area contributed by atoms with Crippen LogP contribution >= 0.6 is 0 Å². The van der Waals surface area contributed by atoms with Crippen LogP contribution in [0.1, 0.15) is 12.8 Å². The fourth-order valence-corrected chi connectivity index (χ4v) is 1.49. The van der Waals surface area contributed by atoms with Gasteiger partial charge < -0.3 is 10.3 Å². The minimum Gasteiger partial charge on any atom is -0.337 e. The molecule has 1 aromatic heterocycles. The highest BCUT2D eigenvalue weighted by Gasteiger charge is 2.53. The Balaban J connectivity index is 2.49. The van der Waals surface area contributed by atoms with Gasteiger partial charge in [0.25, 0.3) is 11.6 Å². The van der Waals surface area contributed by atoms with E-state index in [9.17, 15) is 23.3 Å². The van der Waals surface area contributed by atoms with E-state index in [0.717, 1.165) is 0 Å². The lowest BCUT2D eigenvalue weighted by Gasteiger charge is -2.22. The van der Waals surface area contributed by atoms with Crippen LogP contribution in [0.2, 0.25) is 0 Å². The molecule has 0 saturated heterocycles. The predicted molar refractivity (Wildman–Crippen MR) is 64.0 cm³/mol. The number of nitro benzene ring substituents is 1. The summed E-state index contributed by atoms with van der Waals surface area (Å²) < 4.78 is 42.8. The van der Waals surface area contributed by atoms with Crippen LogP contribution in [-0.2, 0) is 5.54 Å². The second-order valence-electron chi connectivity index (χ2n) is 4.40. The topological polar surface area (TPSA) is 108 Å². The molecular weight excluding hydrogens is 293 g/mol. The summed E-state index contributed by atoms with van der Waals surface area (Å²) in [6, 6.07) is 5.35. The molecule has 0 bridgehead atoms. The molecule has 0 aliphatic heterocycles. The second kappa shape index (κ2) is 4.81. The van der Waals surface area contributed by atoms with Crippen molar-refractivity contribution in [1.29, 1.82) is 0 Å². The van der Waals surface area contributed by atoms with E-state index in [4.69, 9.17) is 5.73 Å². The fraction of sp³-hybridized carbons (Fsp3) is 0.273. The van der Waals surface area contributed by atoms with E-state index in [1.807, 2.05) is 0 Å². The molecule has 0 fully saturated rings. The molecule has 1 aromatic carbocycles. The van der Waals surface area contributed by atoms with Crippen LogP contribution in [0, 0.1) is 10.1 Å². The molecule has 0 aliphatic carbocycles. The zero-order valence-corrected chi connectivity index (χ0v) is 10.6. The molecule has 1 heterocycles. The molecule has 21 heavy (non-hydrogen) atoms. The molecule has 0 spiro atoms. The zero-order valence-electron chi connectivity index (χ0n) is 10.6. The van der Waals surface area contributed by atoms with Gasteiger partial charge in [-0.25, -0.2) is 0 Å². The lowest BCUT2D eigenvalue weighted by Crippen LogP contribution is -2.47. The van der Waals surface area contributed by atoms with Crippen molar-refractivity contribution < 1.29 is 22.6 Å². The number of rotatable bonds is 3. The zero-order chi connectivity index (χ0) is 15.8. The third-order valence-electron chi connectivity index (χ3n) is 2.80. The van der Waals surface area contributed by atoms with Crippen molar-refractivity contribution in [3.8, 4) is 11.4 Å². The number of hydrogen-bond acceptors (Lipinski definition) is 6. The minimum absolute atomic E-state index is 0.0597. The first-order valence-electron chi connectivity index (χ1n) is 5.58. The van der Waals surface area contributed by atoms with Gasteiger partial charge in [0.1, 0.15) is 5.56 Å². The number of benzene rings is 1. The summed E-state index contributed by atoms with van der Waals surface area (Å²) >= 11 is 0. The number of alkyl halides is 3. The molecule has 2 N–H and O–H groups in total. The molecule has 0 saturated carbocycles. The van der Waals surface area contributed by atoms with Gasteiger partial charge in [0.15, 0.2) is 5.54 Å². The van der Waals surface area contributed by atoms with Crippen LogP contribution in [0.25, 0.3) is 11.4 Å². The second-order valence-corrected chi connectivity index (χ2v) is 4.40. The summed E-state index contributed by atoms with van der Waals surface area (Å²) in [5.41, 5.74) is 1.89. The molecule has 1 atom stereocenters. The maximum absolute atomic E-state index is 12.8. The smallest absolute Gasteiger partial charge is 0.337 e. The molecule has 2 aromatic rings. The summed E-state index contributed by atoms with van der Waals surface area (Å²) in [7, 11) is 0. The van der Waals surface area contributed by atoms with Crippen LogP contribution in [0.3, 0.4) is 0 Å². The Morgan fingerprint density at radius 2 is 1.95 bits per heavy atom. The van der Waals surface area contributed by atoms with Crippen molar-refractivity contribution in [2.75, 3.05) is 0 Å². The number of hydrogen-bond donors (Lipinski definition) is 1. The Kier molecular flexibility index (Phi) is 3.41. The quantitative estimate of drug-likeness (QED) is 0.688. The van der Waals surface area contributed by atoms with Gasteiger partial charge in [0, 0.05) is 6.07 Å². The van der Waals surface area contributed by atoms with Crippen LogP contribution in [-0.4, -0.2) is 21.2 Å². The summed E-state index contributed by atoms with van der Waals surface area (Å²) in [5, 5.41) is 14.2. The molecule has 0 amide bonds. The average molecular weight is 302 g/mol. The third kappa shape index (κ3) is 2.57. The predicted octanol–water partition coefficient (Wildman–Crippen LogP) is 2.38. The number of nitrogens with two attached hydrogens (primary N) is 1. The van der Waals surface area contributed by atoms with E-state index < -0.39 is 22.5 Å². The summed E-state index contributed by atoms with van der Waals surface area (Å²) in [4.78, 5) is 13.7. The van der Waals surface area contributed by atoms with Gasteiger partial charge in [-0.3, -0.25) is 10.1 Å². The average Bonchev–Trinajstić information content (AvgIpc) is 2.87. The Morgan fingerprint density at radius 1 is 1.33 bits per heavy atom.